The fraction of sp³-hybridized carbons (Fsp3) is 0.111. The van der Waals surface area contributed by atoms with Gasteiger partial charge in [-0.25, -0.2) is 22.3 Å². The Hall–Kier alpha value is -1.38. The maximum Gasteiger partial charge on any atom is 0.168 e. The molecule has 0 unspecified atom stereocenters. The number of hydrogen-bond donors (Lipinski definition) is 0. The van der Waals surface area contributed by atoms with Gasteiger partial charge in [-0.1, -0.05) is 18.6 Å². The van der Waals surface area contributed by atoms with Gasteiger partial charge in [-0.05, 0) is 18.5 Å². The molecule has 0 aliphatic carbocycles. The van der Waals surface area contributed by atoms with Crippen molar-refractivity contribution in [3.05, 3.63) is 72.7 Å². The van der Waals surface area contributed by atoms with E-state index >= 15 is 0 Å². The molecule has 101 valence electrons. The Labute approximate surface area is 150 Å². The molecule has 3 rings (SSSR count). The van der Waals surface area contributed by atoms with Crippen molar-refractivity contribution in [1.29, 1.82) is 0 Å². The molecule has 0 bridgehead atoms. The summed E-state index contributed by atoms with van der Waals surface area (Å²) in [6.45, 7) is 2.13. The van der Waals surface area contributed by atoms with Crippen LogP contribution in [0.3, 0.4) is 0 Å². The molecule has 0 fully saturated rings. The number of hydrogen-bond acceptors (Lipinski definition) is 1. The van der Waals surface area contributed by atoms with E-state index in [0.717, 1.165) is 11.1 Å². The maximum absolute atomic E-state index is 4.04. The van der Waals surface area contributed by atoms with E-state index in [1.807, 2.05) is 18.2 Å². The molecule has 1 aromatic carbocycles. The van der Waals surface area contributed by atoms with Gasteiger partial charge in [0.05, 0.1) is 0 Å². The summed E-state index contributed by atoms with van der Waals surface area (Å²) in [7, 11) is 2.06. The summed E-state index contributed by atoms with van der Waals surface area (Å²) in [5.74, 6) is 0. The first-order valence-electron chi connectivity index (χ1n) is 6.56. The first kappa shape index (κ1) is 16.0. The quantitative estimate of drug-likeness (QED) is 0.514. The zero-order valence-electron chi connectivity index (χ0n) is 12.2. The summed E-state index contributed by atoms with van der Waals surface area (Å²) < 4.78 is 2.13. The number of rotatable bonds is 2. The van der Waals surface area contributed by atoms with E-state index in [9.17, 15) is 0 Å². The Bertz CT molecular complexity index is 739. The van der Waals surface area contributed by atoms with Crippen LogP contribution in [0, 0.1) is 19.1 Å². The number of aromatic nitrogens is 2. The molecule has 0 saturated carbocycles. The Morgan fingerprint density at radius 3 is 2.67 bits per heavy atom. The molecule has 3 aromatic rings. The van der Waals surface area contributed by atoms with Gasteiger partial charge in [0.2, 0.25) is 0 Å². The molecular formula is C18H15N2Y-. The second-order valence-corrected chi connectivity index (χ2v) is 4.76. The van der Waals surface area contributed by atoms with Gasteiger partial charge in [-0.2, -0.15) is 12.1 Å². The molecule has 0 N–H and O–H groups in total. The van der Waals surface area contributed by atoms with Crippen LogP contribution in [0.15, 0.2) is 55.0 Å². The van der Waals surface area contributed by atoms with E-state index in [1.54, 1.807) is 12.4 Å². The molecule has 0 saturated heterocycles. The molecule has 0 spiro atoms. The maximum atomic E-state index is 4.04. The second kappa shape index (κ2) is 7.06. The Balaban J connectivity index is 0.00000161. The van der Waals surface area contributed by atoms with Gasteiger partial charge < -0.3 is 0 Å². The summed E-state index contributed by atoms with van der Waals surface area (Å²) in [5.41, 5.74) is 5.67. The molecule has 0 amide bonds. The Morgan fingerprint density at radius 2 is 1.95 bits per heavy atom. The molecule has 0 aliphatic rings. The second-order valence-electron chi connectivity index (χ2n) is 4.76. The van der Waals surface area contributed by atoms with Crippen molar-refractivity contribution in [1.82, 2.24) is 4.98 Å². The minimum atomic E-state index is 0. The summed E-state index contributed by atoms with van der Waals surface area (Å²) in [6, 6.07) is 18.8. The minimum absolute atomic E-state index is 0. The summed E-state index contributed by atoms with van der Waals surface area (Å²) in [5, 5.41) is 0. The van der Waals surface area contributed by atoms with Gasteiger partial charge in [-0.3, -0.25) is 10.5 Å². The molecule has 0 aliphatic heterocycles. The Morgan fingerprint density at radius 1 is 1.10 bits per heavy atom. The first-order chi connectivity index (χ1) is 9.77. The van der Waals surface area contributed by atoms with Crippen molar-refractivity contribution < 1.29 is 37.3 Å². The monoisotopic (exact) mass is 348 g/mol. The number of aryl methyl sites for hydroxylation is 2. The van der Waals surface area contributed by atoms with Crippen molar-refractivity contribution in [2.24, 2.45) is 7.05 Å². The van der Waals surface area contributed by atoms with Crippen LogP contribution in [0.5, 0.6) is 0 Å². The van der Waals surface area contributed by atoms with E-state index in [2.05, 4.69) is 60.1 Å². The van der Waals surface area contributed by atoms with E-state index in [4.69, 9.17) is 0 Å². The van der Waals surface area contributed by atoms with Crippen molar-refractivity contribution in [2.75, 3.05) is 0 Å². The standard InChI is InChI=1S/C18H15N2.Y/c1-14-6-5-7-16(15-9-11-19-12-10-15)18(14)17-8-3-4-13-20(17)2;/h3-6,8-9,11-13H,1-2H3;/q-1;. The van der Waals surface area contributed by atoms with E-state index < -0.39 is 0 Å². The third-order valence-electron chi connectivity index (χ3n) is 3.41. The topological polar surface area (TPSA) is 16.8 Å². The van der Waals surface area contributed by atoms with Gasteiger partial charge >= 0.3 is 0 Å². The molecule has 2 aromatic heterocycles. The van der Waals surface area contributed by atoms with Crippen LogP contribution in [0.2, 0.25) is 0 Å². The largest absolute Gasteiger partial charge is 0.293 e. The van der Waals surface area contributed by atoms with Gasteiger partial charge in [0.1, 0.15) is 7.05 Å². The van der Waals surface area contributed by atoms with E-state index in [1.165, 1.54) is 16.8 Å². The zero-order chi connectivity index (χ0) is 13.9. The smallest absolute Gasteiger partial charge is 0.168 e. The fourth-order valence-electron chi connectivity index (χ4n) is 2.40. The van der Waals surface area contributed by atoms with Crippen LogP contribution in [0.25, 0.3) is 22.4 Å². The summed E-state index contributed by atoms with van der Waals surface area (Å²) in [6.07, 6.45) is 5.54. The number of pyridine rings is 2. The van der Waals surface area contributed by atoms with Crippen molar-refractivity contribution in [3.63, 3.8) is 0 Å². The Kier molecular flexibility index (Phi) is 5.38. The van der Waals surface area contributed by atoms with Gasteiger partial charge in [0.15, 0.2) is 11.9 Å². The molecule has 1 radical (unpaired) electrons. The van der Waals surface area contributed by atoms with Gasteiger partial charge in [-0.15, -0.1) is 11.6 Å². The fourth-order valence-corrected chi connectivity index (χ4v) is 2.40. The van der Waals surface area contributed by atoms with Crippen LogP contribution in [0.4, 0.5) is 0 Å². The molecule has 21 heavy (non-hydrogen) atoms. The van der Waals surface area contributed by atoms with Gasteiger partial charge in [0, 0.05) is 38.8 Å². The zero-order valence-corrected chi connectivity index (χ0v) is 15.0. The third kappa shape index (κ3) is 3.28. The van der Waals surface area contributed by atoms with Crippen molar-refractivity contribution >= 4 is 0 Å². The van der Waals surface area contributed by atoms with Crippen molar-refractivity contribution in [3.8, 4) is 22.4 Å². The molecular weight excluding hydrogens is 333 g/mol. The average molecular weight is 348 g/mol. The van der Waals surface area contributed by atoms with E-state index in [-0.39, 0.29) is 32.7 Å². The van der Waals surface area contributed by atoms with Crippen LogP contribution in [0.1, 0.15) is 5.56 Å². The van der Waals surface area contributed by atoms with Crippen LogP contribution < -0.4 is 4.57 Å². The van der Waals surface area contributed by atoms with Crippen LogP contribution in [-0.2, 0) is 39.8 Å². The molecule has 2 nitrogen and oxygen atoms in total. The van der Waals surface area contributed by atoms with Crippen molar-refractivity contribution in [2.45, 2.75) is 6.92 Å². The number of benzene rings is 1. The molecule has 3 heteroatoms. The number of nitrogens with zero attached hydrogens (tertiary/aromatic N) is 2. The third-order valence-corrected chi connectivity index (χ3v) is 3.41. The van der Waals surface area contributed by atoms with Gasteiger partial charge in [0.25, 0.3) is 0 Å². The molecule has 0 atom stereocenters. The van der Waals surface area contributed by atoms with Crippen LogP contribution >= 0.6 is 0 Å². The SMILES string of the molecule is Cc1cc[c-]c(-c2[c-]cncc2)c1-c1cccc[n+]1C.[Y]. The normalized spacial score (nSPS) is 10.0. The molecule has 2 heterocycles. The predicted octanol–water partition coefficient (Wildman–Crippen LogP) is 3.15. The summed E-state index contributed by atoms with van der Waals surface area (Å²) >= 11 is 0. The summed E-state index contributed by atoms with van der Waals surface area (Å²) in [4.78, 5) is 4.04. The van der Waals surface area contributed by atoms with E-state index in [0.29, 0.717) is 0 Å². The minimum Gasteiger partial charge on any atom is -0.293 e. The first-order valence-corrected chi connectivity index (χ1v) is 6.56. The predicted molar refractivity (Wildman–Crippen MR) is 78.7 cm³/mol. The average Bonchev–Trinajstić information content (AvgIpc) is 2.49. The van der Waals surface area contributed by atoms with Crippen LogP contribution in [-0.4, -0.2) is 4.98 Å².